The van der Waals surface area contributed by atoms with Crippen LogP contribution < -0.4 is 5.32 Å². The van der Waals surface area contributed by atoms with Gasteiger partial charge in [0.05, 0.1) is 18.5 Å². The van der Waals surface area contributed by atoms with Crippen molar-refractivity contribution in [2.45, 2.75) is 32.9 Å². The number of rotatable bonds is 7. The monoisotopic (exact) mass is 259 g/mol. The number of sulfone groups is 1. The Morgan fingerprint density at radius 2 is 2.24 bits per heavy atom. The lowest BCUT2D eigenvalue weighted by Gasteiger charge is -2.13. The van der Waals surface area contributed by atoms with Crippen molar-refractivity contribution in [3.8, 4) is 0 Å². The Morgan fingerprint density at radius 1 is 1.53 bits per heavy atom. The van der Waals surface area contributed by atoms with Crippen molar-refractivity contribution in [2.24, 2.45) is 0 Å². The third-order valence-electron chi connectivity index (χ3n) is 2.41. The molecule has 1 heterocycles. The van der Waals surface area contributed by atoms with Gasteiger partial charge in [-0.1, -0.05) is 0 Å². The molecule has 1 aromatic heterocycles. The molecule has 0 aliphatic heterocycles. The zero-order valence-corrected chi connectivity index (χ0v) is 11.5. The van der Waals surface area contributed by atoms with E-state index in [1.807, 2.05) is 24.0 Å². The summed E-state index contributed by atoms with van der Waals surface area (Å²) in [6.45, 7) is 5.59. The van der Waals surface area contributed by atoms with E-state index >= 15 is 0 Å². The molecule has 0 aromatic carbocycles. The average Bonchev–Trinajstić information content (AvgIpc) is 2.57. The topological polar surface area (TPSA) is 64.0 Å². The van der Waals surface area contributed by atoms with Crippen LogP contribution in [0, 0.1) is 6.92 Å². The van der Waals surface area contributed by atoms with Crippen LogP contribution in [0.5, 0.6) is 0 Å². The van der Waals surface area contributed by atoms with Crippen LogP contribution in [0.4, 0.5) is 0 Å². The summed E-state index contributed by atoms with van der Waals surface area (Å²) in [6.07, 6.45) is 5.75. The summed E-state index contributed by atoms with van der Waals surface area (Å²) in [7, 11) is -2.84. The van der Waals surface area contributed by atoms with Crippen molar-refractivity contribution >= 4 is 9.84 Å². The molecule has 1 atom stereocenters. The fourth-order valence-electron chi connectivity index (χ4n) is 1.59. The predicted molar refractivity (Wildman–Crippen MR) is 68.8 cm³/mol. The van der Waals surface area contributed by atoms with E-state index in [2.05, 4.69) is 17.3 Å². The summed E-state index contributed by atoms with van der Waals surface area (Å²) < 4.78 is 23.7. The van der Waals surface area contributed by atoms with Crippen molar-refractivity contribution in [1.82, 2.24) is 15.1 Å². The van der Waals surface area contributed by atoms with Crippen molar-refractivity contribution in [3.63, 3.8) is 0 Å². The largest absolute Gasteiger partial charge is 0.312 e. The highest BCUT2D eigenvalue weighted by Crippen LogP contribution is 1.96. The van der Waals surface area contributed by atoms with Crippen molar-refractivity contribution < 1.29 is 8.42 Å². The molecule has 0 fully saturated rings. The number of aromatic nitrogens is 2. The fraction of sp³-hybridized carbons (Fsp3) is 0.727. The first-order valence-corrected chi connectivity index (χ1v) is 7.83. The van der Waals surface area contributed by atoms with Gasteiger partial charge in [-0.2, -0.15) is 5.10 Å². The molecule has 0 aliphatic rings. The molecule has 5 nitrogen and oxygen atoms in total. The molecular formula is C11H21N3O2S. The normalized spacial score (nSPS) is 13.8. The van der Waals surface area contributed by atoms with Crippen LogP contribution in [-0.4, -0.2) is 42.8 Å². The van der Waals surface area contributed by atoms with Gasteiger partial charge in [-0.25, -0.2) is 8.42 Å². The molecule has 98 valence electrons. The molecule has 0 unspecified atom stereocenters. The number of hydrogen-bond donors (Lipinski definition) is 1. The van der Waals surface area contributed by atoms with Crippen molar-refractivity contribution in [3.05, 3.63) is 18.0 Å². The van der Waals surface area contributed by atoms with E-state index < -0.39 is 9.84 Å². The molecule has 6 heteroatoms. The van der Waals surface area contributed by atoms with E-state index in [-0.39, 0.29) is 11.8 Å². The maximum absolute atomic E-state index is 10.9. The van der Waals surface area contributed by atoms with Gasteiger partial charge in [-0.3, -0.25) is 4.68 Å². The molecule has 0 bridgehead atoms. The van der Waals surface area contributed by atoms with E-state index in [0.29, 0.717) is 13.0 Å². The van der Waals surface area contributed by atoms with E-state index in [4.69, 9.17) is 0 Å². The zero-order valence-electron chi connectivity index (χ0n) is 10.7. The van der Waals surface area contributed by atoms with Gasteiger partial charge in [-0.05, 0) is 32.4 Å². The number of nitrogens with one attached hydrogen (secondary N) is 1. The summed E-state index contributed by atoms with van der Waals surface area (Å²) in [5.41, 5.74) is 1.15. The van der Waals surface area contributed by atoms with Crippen LogP contribution in [0.25, 0.3) is 0 Å². The first-order valence-electron chi connectivity index (χ1n) is 5.77. The lowest BCUT2D eigenvalue weighted by Crippen LogP contribution is -2.32. The molecule has 1 N–H and O–H groups in total. The molecule has 1 rings (SSSR count). The third-order valence-corrected chi connectivity index (χ3v) is 3.44. The summed E-state index contributed by atoms with van der Waals surface area (Å²) in [5, 5.41) is 7.49. The summed E-state index contributed by atoms with van der Waals surface area (Å²) in [4.78, 5) is 0. The maximum atomic E-state index is 10.9. The number of nitrogens with zero attached hydrogens (tertiary/aromatic N) is 2. The third kappa shape index (κ3) is 6.43. The molecule has 0 spiro atoms. The second-order valence-corrected chi connectivity index (χ2v) is 6.84. The van der Waals surface area contributed by atoms with Crippen LogP contribution in [0.1, 0.15) is 18.9 Å². The molecule has 0 aliphatic carbocycles. The first kappa shape index (κ1) is 14.2. The zero-order chi connectivity index (χ0) is 12.9. The lowest BCUT2D eigenvalue weighted by molar-refractivity contribution is 0.451. The summed E-state index contributed by atoms with van der Waals surface area (Å²) in [6, 6.07) is 0.286. The summed E-state index contributed by atoms with van der Waals surface area (Å²) >= 11 is 0. The quantitative estimate of drug-likeness (QED) is 0.729. The Balaban J connectivity index is 2.20. The molecule has 1 aromatic rings. The fourth-order valence-corrected chi connectivity index (χ4v) is 2.26. The Hall–Kier alpha value is -0.880. The van der Waals surface area contributed by atoms with Gasteiger partial charge in [0.15, 0.2) is 0 Å². The molecule has 17 heavy (non-hydrogen) atoms. The predicted octanol–water partition coefficient (Wildman–Crippen LogP) is 0.604. The highest BCUT2D eigenvalue weighted by molar-refractivity contribution is 7.90. The standard InChI is InChI=1S/C11H21N3O2S/c1-10-7-13-14(8-10)9-11(2)12-5-4-6-17(3,15)16/h7-8,11-12H,4-6,9H2,1-3H3/t11-/m1/s1. The van der Waals surface area contributed by atoms with Crippen molar-refractivity contribution in [2.75, 3.05) is 18.6 Å². The highest BCUT2D eigenvalue weighted by atomic mass is 32.2. The van der Waals surface area contributed by atoms with Crippen LogP contribution in [0.15, 0.2) is 12.4 Å². The van der Waals surface area contributed by atoms with Gasteiger partial charge >= 0.3 is 0 Å². The number of hydrogen-bond acceptors (Lipinski definition) is 4. The maximum Gasteiger partial charge on any atom is 0.147 e. The Bertz CT molecular complexity index is 439. The second-order valence-electron chi connectivity index (χ2n) is 4.58. The molecule has 0 saturated heterocycles. The van der Waals surface area contributed by atoms with Gasteiger partial charge in [0.1, 0.15) is 9.84 Å². The minimum absolute atomic E-state index is 0.244. The van der Waals surface area contributed by atoms with Crippen LogP contribution in [0.3, 0.4) is 0 Å². The number of aryl methyl sites for hydroxylation is 1. The van der Waals surface area contributed by atoms with E-state index in [9.17, 15) is 8.42 Å². The molecular weight excluding hydrogens is 238 g/mol. The van der Waals surface area contributed by atoms with Crippen molar-refractivity contribution in [1.29, 1.82) is 0 Å². The van der Waals surface area contributed by atoms with Gasteiger partial charge in [0.2, 0.25) is 0 Å². The second kappa shape index (κ2) is 6.16. The Kier molecular flexibility index (Phi) is 5.14. The first-order chi connectivity index (χ1) is 7.87. The minimum atomic E-state index is -2.84. The highest BCUT2D eigenvalue weighted by Gasteiger charge is 2.05. The van der Waals surface area contributed by atoms with E-state index in [1.54, 1.807) is 0 Å². The van der Waals surface area contributed by atoms with Gasteiger partial charge < -0.3 is 5.32 Å². The minimum Gasteiger partial charge on any atom is -0.312 e. The SMILES string of the molecule is Cc1cnn(C[C@@H](C)NCCCS(C)(=O)=O)c1. The van der Waals surface area contributed by atoms with Gasteiger partial charge in [0.25, 0.3) is 0 Å². The Morgan fingerprint density at radius 3 is 2.76 bits per heavy atom. The van der Waals surface area contributed by atoms with Gasteiger partial charge in [-0.15, -0.1) is 0 Å². The van der Waals surface area contributed by atoms with Crippen LogP contribution >= 0.6 is 0 Å². The van der Waals surface area contributed by atoms with Crippen LogP contribution in [0.2, 0.25) is 0 Å². The van der Waals surface area contributed by atoms with E-state index in [0.717, 1.165) is 12.1 Å². The van der Waals surface area contributed by atoms with Crippen LogP contribution in [-0.2, 0) is 16.4 Å². The lowest BCUT2D eigenvalue weighted by atomic mass is 10.3. The smallest absolute Gasteiger partial charge is 0.147 e. The molecule has 0 amide bonds. The molecule has 0 radical (unpaired) electrons. The molecule has 0 saturated carbocycles. The van der Waals surface area contributed by atoms with E-state index in [1.165, 1.54) is 6.26 Å². The Labute approximate surface area is 103 Å². The summed E-state index contributed by atoms with van der Waals surface area (Å²) in [5.74, 6) is 0.244. The average molecular weight is 259 g/mol. The van der Waals surface area contributed by atoms with Gasteiger partial charge in [0, 0.05) is 18.5 Å².